The average Bonchev–Trinajstić information content (AvgIpc) is 2.85. The van der Waals surface area contributed by atoms with E-state index >= 15 is 0 Å². The van der Waals surface area contributed by atoms with Gasteiger partial charge in [0.1, 0.15) is 10.7 Å². The van der Waals surface area contributed by atoms with E-state index in [9.17, 15) is 4.79 Å². The SMILES string of the molecule is CCCNc1snnc1Cn1ncc(N(C)C)cc1=O. The fourth-order valence-electron chi connectivity index (χ4n) is 1.61. The van der Waals surface area contributed by atoms with Gasteiger partial charge in [-0.25, -0.2) is 4.68 Å². The van der Waals surface area contributed by atoms with Crippen LogP contribution in [-0.4, -0.2) is 40.0 Å². The zero-order valence-corrected chi connectivity index (χ0v) is 12.6. The lowest BCUT2D eigenvalue weighted by Crippen LogP contribution is -2.25. The minimum atomic E-state index is -0.148. The lowest BCUT2D eigenvalue weighted by Gasteiger charge is -2.12. The zero-order chi connectivity index (χ0) is 14.5. The van der Waals surface area contributed by atoms with Crippen molar-refractivity contribution < 1.29 is 0 Å². The molecule has 0 saturated carbocycles. The van der Waals surface area contributed by atoms with Crippen LogP contribution in [0, 0.1) is 0 Å². The summed E-state index contributed by atoms with van der Waals surface area (Å²) in [5.41, 5.74) is 1.38. The Bertz CT molecular complexity index is 620. The fourth-order valence-corrected chi connectivity index (χ4v) is 2.21. The molecule has 2 aromatic rings. The minimum Gasteiger partial charge on any atom is -0.376 e. The second kappa shape index (κ2) is 6.47. The average molecular weight is 294 g/mol. The Morgan fingerprint density at radius 3 is 2.90 bits per heavy atom. The molecule has 0 atom stereocenters. The lowest BCUT2D eigenvalue weighted by atomic mass is 10.4. The quantitative estimate of drug-likeness (QED) is 0.857. The maximum absolute atomic E-state index is 12.0. The summed E-state index contributed by atoms with van der Waals surface area (Å²) in [6.45, 7) is 3.28. The highest BCUT2D eigenvalue weighted by molar-refractivity contribution is 7.10. The Morgan fingerprint density at radius 2 is 2.25 bits per heavy atom. The first kappa shape index (κ1) is 14.4. The van der Waals surface area contributed by atoms with Crippen molar-refractivity contribution in [3.05, 3.63) is 28.3 Å². The molecule has 0 fully saturated rings. The van der Waals surface area contributed by atoms with Crippen LogP contribution in [0.5, 0.6) is 0 Å². The third-order valence-electron chi connectivity index (χ3n) is 2.76. The highest BCUT2D eigenvalue weighted by atomic mass is 32.1. The molecule has 8 heteroatoms. The summed E-state index contributed by atoms with van der Waals surface area (Å²) in [6, 6.07) is 1.56. The second-order valence-electron chi connectivity index (χ2n) is 4.58. The van der Waals surface area contributed by atoms with E-state index in [-0.39, 0.29) is 5.56 Å². The van der Waals surface area contributed by atoms with Crippen molar-refractivity contribution in [2.45, 2.75) is 19.9 Å². The van der Waals surface area contributed by atoms with Crippen molar-refractivity contribution in [2.24, 2.45) is 0 Å². The molecule has 0 unspecified atom stereocenters. The number of hydrogen-bond donors (Lipinski definition) is 1. The van der Waals surface area contributed by atoms with Crippen molar-refractivity contribution in [1.82, 2.24) is 19.4 Å². The molecular weight excluding hydrogens is 276 g/mol. The summed E-state index contributed by atoms with van der Waals surface area (Å²) in [5.74, 6) is 0. The normalized spacial score (nSPS) is 10.6. The fraction of sp³-hybridized carbons (Fsp3) is 0.500. The molecule has 2 heterocycles. The standard InChI is InChI=1S/C12H18N6OS/c1-4-5-13-12-10(15-16-20-12)8-18-11(19)6-9(7-14-18)17(2)3/h6-7,13H,4-5,8H2,1-3H3. The Balaban J connectivity index is 2.18. The van der Waals surface area contributed by atoms with Gasteiger partial charge in [0.25, 0.3) is 5.56 Å². The van der Waals surface area contributed by atoms with Gasteiger partial charge in [0.05, 0.1) is 18.4 Å². The van der Waals surface area contributed by atoms with Crippen LogP contribution in [0.15, 0.2) is 17.1 Å². The molecule has 0 saturated heterocycles. The summed E-state index contributed by atoms with van der Waals surface area (Å²) < 4.78 is 5.31. The summed E-state index contributed by atoms with van der Waals surface area (Å²) >= 11 is 1.30. The predicted molar refractivity (Wildman–Crippen MR) is 80.6 cm³/mol. The molecule has 20 heavy (non-hydrogen) atoms. The molecule has 0 aromatic carbocycles. The van der Waals surface area contributed by atoms with E-state index in [1.54, 1.807) is 12.3 Å². The van der Waals surface area contributed by atoms with Crippen LogP contribution in [-0.2, 0) is 6.54 Å². The van der Waals surface area contributed by atoms with Crippen molar-refractivity contribution in [2.75, 3.05) is 30.9 Å². The Hall–Kier alpha value is -1.96. The van der Waals surface area contributed by atoms with Crippen molar-refractivity contribution in [3.8, 4) is 0 Å². The van der Waals surface area contributed by atoms with Crippen LogP contribution in [0.3, 0.4) is 0 Å². The molecule has 2 aromatic heterocycles. The molecule has 108 valence electrons. The van der Waals surface area contributed by atoms with Gasteiger partial charge in [-0.15, -0.1) is 5.10 Å². The highest BCUT2D eigenvalue weighted by Gasteiger charge is 2.10. The van der Waals surface area contributed by atoms with Crippen LogP contribution in [0.2, 0.25) is 0 Å². The van der Waals surface area contributed by atoms with Gasteiger partial charge in [0, 0.05) is 38.2 Å². The maximum atomic E-state index is 12.0. The van der Waals surface area contributed by atoms with Crippen LogP contribution < -0.4 is 15.8 Å². The van der Waals surface area contributed by atoms with Gasteiger partial charge in [-0.05, 0) is 6.42 Å². The van der Waals surface area contributed by atoms with Gasteiger partial charge in [-0.2, -0.15) is 5.10 Å². The molecule has 1 N–H and O–H groups in total. The minimum absolute atomic E-state index is 0.148. The smallest absolute Gasteiger partial charge is 0.269 e. The second-order valence-corrected chi connectivity index (χ2v) is 5.33. The largest absolute Gasteiger partial charge is 0.376 e. The number of nitrogens with zero attached hydrogens (tertiary/aromatic N) is 5. The van der Waals surface area contributed by atoms with E-state index in [1.807, 2.05) is 19.0 Å². The molecule has 0 aliphatic carbocycles. The van der Waals surface area contributed by atoms with Crippen molar-refractivity contribution >= 4 is 22.2 Å². The molecule has 0 aliphatic heterocycles. The number of aromatic nitrogens is 4. The predicted octanol–water partition coefficient (Wildman–Crippen LogP) is 1.03. The number of nitrogens with one attached hydrogen (secondary N) is 1. The van der Waals surface area contributed by atoms with E-state index in [1.165, 1.54) is 16.2 Å². The third kappa shape index (κ3) is 3.32. The highest BCUT2D eigenvalue weighted by Crippen LogP contribution is 2.18. The molecule has 7 nitrogen and oxygen atoms in total. The van der Waals surface area contributed by atoms with Gasteiger partial charge >= 0.3 is 0 Å². The van der Waals surface area contributed by atoms with Gasteiger partial charge in [0.2, 0.25) is 0 Å². The summed E-state index contributed by atoms with van der Waals surface area (Å²) in [6.07, 6.45) is 2.69. The van der Waals surface area contributed by atoms with Crippen LogP contribution in [0.1, 0.15) is 19.0 Å². The van der Waals surface area contributed by atoms with Gasteiger partial charge in [-0.1, -0.05) is 11.4 Å². The van der Waals surface area contributed by atoms with Gasteiger partial charge in [-0.3, -0.25) is 4.79 Å². The summed E-state index contributed by atoms with van der Waals surface area (Å²) in [5, 5.41) is 12.4. The first-order valence-electron chi connectivity index (χ1n) is 6.41. The summed E-state index contributed by atoms with van der Waals surface area (Å²) in [4.78, 5) is 13.8. The number of hydrogen-bond acceptors (Lipinski definition) is 7. The number of anilines is 2. The summed E-state index contributed by atoms with van der Waals surface area (Å²) in [7, 11) is 3.75. The molecular formula is C12H18N6OS. The van der Waals surface area contributed by atoms with Crippen LogP contribution >= 0.6 is 11.5 Å². The Morgan fingerprint density at radius 1 is 1.45 bits per heavy atom. The molecule has 2 rings (SSSR count). The molecule has 0 amide bonds. The first-order valence-corrected chi connectivity index (χ1v) is 7.18. The molecule has 0 spiro atoms. The molecule has 0 bridgehead atoms. The van der Waals surface area contributed by atoms with E-state index in [2.05, 4.69) is 26.9 Å². The van der Waals surface area contributed by atoms with Crippen LogP contribution in [0.25, 0.3) is 0 Å². The van der Waals surface area contributed by atoms with E-state index in [4.69, 9.17) is 0 Å². The topological polar surface area (TPSA) is 75.9 Å². The van der Waals surface area contributed by atoms with E-state index in [0.29, 0.717) is 6.54 Å². The van der Waals surface area contributed by atoms with Crippen molar-refractivity contribution in [1.29, 1.82) is 0 Å². The monoisotopic (exact) mass is 294 g/mol. The molecule has 0 radical (unpaired) electrons. The van der Waals surface area contributed by atoms with Gasteiger partial charge in [0.15, 0.2) is 0 Å². The van der Waals surface area contributed by atoms with Crippen LogP contribution in [0.4, 0.5) is 10.7 Å². The van der Waals surface area contributed by atoms with Crippen molar-refractivity contribution in [3.63, 3.8) is 0 Å². The van der Waals surface area contributed by atoms with E-state index in [0.717, 1.165) is 29.3 Å². The lowest BCUT2D eigenvalue weighted by molar-refractivity contribution is 0.626. The number of rotatable bonds is 6. The third-order valence-corrected chi connectivity index (χ3v) is 3.49. The van der Waals surface area contributed by atoms with E-state index < -0.39 is 0 Å². The van der Waals surface area contributed by atoms with Gasteiger partial charge < -0.3 is 10.2 Å². The Kier molecular flexibility index (Phi) is 4.67. The Labute approximate surface area is 121 Å². The zero-order valence-electron chi connectivity index (χ0n) is 11.8. The first-order chi connectivity index (χ1) is 9.61. The maximum Gasteiger partial charge on any atom is 0.269 e. The molecule has 0 aliphatic rings.